The molecule has 7 nitrogen and oxygen atoms in total. The Morgan fingerprint density at radius 1 is 1.15 bits per heavy atom. The molecule has 8 heteroatoms. The van der Waals surface area contributed by atoms with E-state index in [0.29, 0.717) is 36.0 Å². The summed E-state index contributed by atoms with van der Waals surface area (Å²) in [5.41, 5.74) is 4.38. The highest BCUT2D eigenvalue weighted by Gasteiger charge is 2.29. The fraction of sp³-hybridized carbons (Fsp3) is 0.231. The van der Waals surface area contributed by atoms with Crippen LogP contribution in [0.4, 0.5) is 4.39 Å². The molecule has 1 aromatic carbocycles. The van der Waals surface area contributed by atoms with Gasteiger partial charge in [-0.3, -0.25) is 14.5 Å². The van der Waals surface area contributed by atoms with E-state index in [2.05, 4.69) is 46.4 Å². The zero-order valence-corrected chi connectivity index (χ0v) is 19.0. The lowest BCUT2D eigenvalue weighted by molar-refractivity contribution is 0.0925. The van der Waals surface area contributed by atoms with Gasteiger partial charge < -0.3 is 10.1 Å². The molecule has 0 aliphatic carbocycles. The van der Waals surface area contributed by atoms with Crippen LogP contribution < -0.4 is 10.1 Å². The third kappa shape index (κ3) is 4.14. The Bertz CT molecular complexity index is 1330. The SMILES string of the molecule is CC(C)c1ccc(COc2cc(F)c(-c3c(-c4ccncc4)nn4c3C(=O)NCC4)cn2)cc1. The van der Waals surface area contributed by atoms with E-state index < -0.39 is 5.82 Å². The van der Waals surface area contributed by atoms with Crippen LogP contribution in [-0.2, 0) is 13.2 Å². The van der Waals surface area contributed by atoms with Crippen molar-refractivity contribution in [3.05, 3.63) is 83.7 Å². The normalized spacial score (nSPS) is 13.0. The maximum absolute atomic E-state index is 15.4. The second kappa shape index (κ2) is 9.05. The fourth-order valence-corrected chi connectivity index (χ4v) is 4.01. The van der Waals surface area contributed by atoms with Crippen LogP contribution in [-0.4, -0.2) is 32.2 Å². The molecule has 1 aliphatic heterocycles. The lowest BCUT2D eigenvalue weighted by atomic mass is 9.99. The molecule has 34 heavy (non-hydrogen) atoms. The lowest BCUT2D eigenvalue weighted by Crippen LogP contribution is -2.35. The van der Waals surface area contributed by atoms with Crippen LogP contribution in [0.15, 0.2) is 61.1 Å². The van der Waals surface area contributed by atoms with Crippen LogP contribution in [0.3, 0.4) is 0 Å². The number of benzene rings is 1. The Hall–Kier alpha value is -4.07. The minimum atomic E-state index is -0.537. The molecule has 5 rings (SSSR count). The molecule has 0 bridgehead atoms. The summed E-state index contributed by atoms with van der Waals surface area (Å²) < 4.78 is 22.7. The van der Waals surface area contributed by atoms with Crippen LogP contribution in [0.1, 0.15) is 41.4 Å². The maximum atomic E-state index is 15.4. The number of amides is 1. The second-order valence-electron chi connectivity index (χ2n) is 8.47. The van der Waals surface area contributed by atoms with Gasteiger partial charge in [-0.2, -0.15) is 5.10 Å². The largest absolute Gasteiger partial charge is 0.473 e. The Morgan fingerprint density at radius 3 is 2.62 bits per heavy atom. The first-order valence-corrected chi connectivity index (χ1v) is 11.2. The number of pyridine rings is 2. The van der Waals surface area contributed by atoms with Crippen LogP contribution in [0.5, 0.6) is 5.88 Å². The molecule has 1 aliphatic rings. The maximum Gasteiger partial charge on any atom is 0.270 e. The van der Waals surface area contributed by atoms with E-state index in [0.717, 1.165) is 11.1 Å². The van der Waals surface area contributed by atoms with Crippen molar-refractivity contribution in [1.82, 2.24) is 25.1 Å². The summed E-state index contributed by atoms with van der Waals surface area (Å²) >= 11 is 0. The molecule has 4 heterocycles. The van der Waals surface area contributed by atoms with Crippen molar-refractivity contribution in [2.45, 2.75) is 32.9 Å². The van der Waals surface area contributed by atoms with Gasteiger partial charge in [-0.05, 0) is 29.2 Å². The smallest absolute Gasteiger partial charge is 0.270 e. The number of ether oxygens (including phenoxy) is 1. The number of fused-ring (bicyclic) bond motifs is 1. The number of nitrogens with one attached hydrogen (secondary N) is 1. The van der Waals surface area contributed by atoms with E-state index >= 15 is 4.39 Å². The average Bonchev–Trinajstić information content (AvgIpc) is 3.24. The molecule has 0 fully saturated rings. The number of aromatic nitrogens is 4. The topological polar surface area (TPSA) is 81.9 Å². The molecule has 0 radical (unpaired) electrons. The molecule has 4 aromatic rings. The van der Waals surface area contributed by atoms with Crippen molar-refractivity contribution >= 4 is 5.91 Å². The van der Waals surface area contributed by atoms with Crippen molar-refractivity contribution in [2.24, 2.45) is 0 Å². The highest BCUT2D eigenvalue weighted by atomic mass is 19.1. The molecule has 0 atom stereocenters. The summed E-state index contributed by atoms with van der Waals surface area (Å²) in [6, 6.07) is 12.9. The lowest BCUT2D eigenvalue weighted by Gasteiger charge is -2.15. The predicted octanol–water partition coefficient (Wildman–Crippen LogP) is 4.59. The molecular weight excluding hydrogens is 433 g/mol. The zero-order chi connectivity index (χ0) is 23.7. The highest BCUT2D eigenvalue weighted by molar-refractivity contribution is 6.03. The molecular formula is C26H24FN5O2. The van der Waals surface area contributed by atoms with E-state index in [4.69, 9.17) is 4.74 Å². The summed E-state index contributed by atoms with van der Waals surface area (Å²) in [5.74, 6) is -0.208. The van der Waals surface area contributed by atoms with Crippen molar-refractivity contribution in [2.75, 3.05) is 6.54 Å². The van der Waals surface area contributed by atoms with Crippen LogP contribution in [0.25, 0.3) is 22.4 Å². The van der Waals surface area contributed by atoms with Crippen molar-refractivity contribution in [3.8, 4) is 28.3 Å². The van der Waals surface area contributed by atoms with Crippen molar-refractivity contribution in [3.63, 3.8) is 0 Å². The quantitative estimate of drug-likeness (QED) is 0.458. The molecule has 0 spiro atoms. The molecule has 3 aromatic heterocycles. The third-order valence-corrected chi connectivity index (χ3v) is 5.86. The Kier molecular flexibility index (Phi) is 5.79. The fourth-order valence-electron chi connectivity index (χ4n) is 4.01. The number of halogens is 1. The first-order chi connectivity index (χ1) is 16.5. The third-order valence-electron chi connectivity index (χ3n) is 5.86. The first-order valence-electron chi connectivity index (χ1n) is 11.2. The summed E-state index contributed by atoms with van der Waals surface area (Å²) in [4.78, 5) is 21.0. The number of carbonyl (C=O) groups excluding carboxylic acids is 1. The van der Waals surface area contributed by atoms with E-state index in [-0.39, 0.29) is 24.0 Å². The molecule has 0 saturated heterocycles. The highest BCUT2D eigenvalue weighted by Crippen LogP contribution is 2.37. The Labute approximate surface area is 196 Å². The second-order valence-corrected chi connectivity index (χ2v) is 8.47. The Balaban J connectivity index is 1.46. The minimum absolute atomic E-state index is 0.171. The molecule has 1 amide bonds. The minimum Gasteiger partial charge on any atom is -0.473 e. The molecule has 172 valence electrons. The van der Waals surface area contributed by atoms with E-state index in [1.54, 1.807) is 29.2 Å². The first kappa shape index (κ1) is 21.8. The summed E-state index contributed by atoms with van der Waals surface area (Å²) in [7, 11) is 0. The van der Waals surface area contributed by atoms with Gasteiger partial charge in [0, 0.05) is 47.9 Å². The van der Waals surface area contributed by atoms with Crippen LogP contribution in [0, 0.1) is 5.82 Å². The summed E-state index contributed by atoms with van der Waals surface area (Å²) in [6.45, 7) is 5.53. The van der Waals surface area contributed by atoms with Gasteiger partial charge in [0.1, 0.15) is 23.8 Å². The molecule has 0 unspecified atom stereocenters. The van der Waals surface area contributed by atoms with Gasteiger partial charge in [0.15, 0.2) is 0 Å². The van der Waals surface area contributed by atoms with Crippen LogP contribution >= 0.6 is 0 Å². The number of rotatable bonds is 6. The molecule has 1 N–H and O–H groups in total. The number of carbonyl (C=O) groups is 1. The van der Waals surface area contributed by atoms with Crippen molar-refractivity contribution < 1.29 is 13.9 Å². The summed E-state index contributed by atoms with van der Waals surface area (Å²) in [5, 5.41) is 7.42. The Morgan fingerprint density at radius 2 is 1.91 bits per heavy atom. The van der Waals surface area contributed by atoms with Gasteiger partial charge in [-0.1, -0.05) is 38.1 Å². The van der Waals surface area contributed by atoms with Gasteiger partial charge in [0.05, 0.1) is 6.54 Å². The van der Waals surface area contributed by atoms with Crippen LogP contribution in [0.2, 0.25) is 0 Å². The molecule has 0 saturated carbocycles. The monoisotopic (exact) mass is 457 g/mol. The van der Waals surface area contributed by atoms with Gasteiger partial charge in [0.2, 0.25) is 5.88 Å². The number of nitrogens with zero attached hydrogens (tertiary/aromatic N) is 4. The van der Waals surface area contributed by atoms with Crippen molar-refractivity contribution in [1.29, 1.82) is 0 Å². The van der Waals surface area contributed by atoms with Gasteiger partial charge in [0.25, 0.3) is 5.91 Å². The van der Waals surface area contributed by atoms with Gasteiger partial charge in [-0.15, -0.1) is 0 Å². The predicted molar refractivity (Wildman–Crippen MR) is 126 cm³/mol. The number of hydrogen-bond donors (Lipinski definition) is 1. The average molecular weight is 458 g/mol. The van der Waals surface area contributed by atoms with E-state index in [1.807, 2.05) is 12.1 Å². The standard InChI is InChI=1S/C26H24FN5O2/c1-16(2)18-5-3-17(4-6-18)15-34-22-13-21(27)20(14-30-22)23-24(19-7-9-28-10-8-19)31-32-12-11-29-26(33)25(23)32/h3-10,13-14,16H,11-12,15H2,1-2H3,(H,29,33). The summed E-state index contributed by atoms with van der Waals surface area (Å²) in [6.07, 6.45) is 4.67. The van der Waals surface area contributed by atoms with E-state index in [9.17, 15) is 4.79 Å². The number of hydrogen-bond acceptors (Lipinski definition) is 5. The van der Waals surface area contributed by atoms with Gasteiger partial charge >= 0.3 is 0 Å². The van der Waals surface area contributed by atoms with Gasteiger partial charge in [-0.25, -0.2) is 9.37 Å². The zero-order valence-electron chi connectivity index (χ0n) is 19.0. The van der Waals surface area contributed by atoms with E-state index in [1.165, 1.54) is 17.8 Å².